The van der Waals surface area contributed by atoms with Gasteiger partial charge in [-0.1, -0.05) is 231 Å². The maximum absolute atomic E-state index is 13.0. The number of hydrogen-bond acceptors (Lipinski definition) is 10. The zero-order valence-corrected chi connectivity index (χ0v) is 52.3. The number of esters is 3. The highest BCUT2D eigenvalue weighted by Gasteiger charge is 2.28. The highest BCUT2D eigenvalue weighted by Crippen LogP contribution is 2.43. The van der Waals surface area contributed by atoms with Crippen LogP contribution in [0, 0.1) is 0 Å². The molecule has 2 N–H and O–H groups in total. The van der Waals surface area contributed by atoms with Crippen LogP contribution in [-0.2, 0) is 42.2 Å². The molecule has 0 bridgehead atoms. The summed E-state index contributed by atoms with van der Waals surface area (Å²) in [5.74, 6) is -1.58. The van der Waals surface area contributed by atoms with Gasteiger partial charge in [0.2, 0.25) is 0 Å². The van der Waals surface area contributed by atoms with Crippen molar-refractivity contribution in [2.45, 2.75) is 251 Å². The molecule has 82 heavy (non-hydrogen) atoms. The summed E-state index contributed by atoms with van der Waals surface area (Å²) in [6.07, 6.45) is 80.9. The number of phosphoric acid groups is 1. The van der Waals surface area contributed by atoms with E-state index in [1.807, 2.05) is 12.2 Å². The SMILES string of the molecule is CC/C=C\C/C=C\C/C=C\C/C=C\C/C=C\CCCCCC(=O)OCC(COP(=O)(O)OCC(CO)OC(=O)CCC/C=C\C/C=C\C/C=C\C/C=C\C/C=C\CC)OC(=O)CCCCCCCCCCC/C=C\C/C=C\CCCCC. The first-order valence-electron chi connectivity index (χ1n) is 31.7. The summed E-state index contributed by atoms with van der Waals surface area (Å²) >= 11 is 0. The number of ether oxygens (including phenoxy) is 3. The number of unbranched alkanes of at least 4 members (excludes halogenated alkanes) is 16. The third-order valence-electron chi connectivity index (χ3n) is 12.7. The average molecular weight is 1160 g/mol. The van der Waals surface area contributed by atoms with E-state index in [0.29, 0.717) is 25.7 Å². The summed E-state index contributed by atoms with van der Waals surface area (Å²) in [5, 5.41) is 9.84. The fourth-order valence-electron chi connectivity index (χ4n) is 7.98. The lowest BCUT2D eigenvalue weighted by molar-refractivity contribution is -0.161. The number of carbonyl (C=O) groups is 3. The second-order valence-corrected chi connectivity index (χ2v) is 21.9. The summed E-state index contributed by atoms with van der Waals surface area (Å²) in [6.45, 7) is 4.29. The Kier molecular flexibility index (Phi) is 58.9. The van der Waals surface area contributed by atoms with Gasteiger partial charge in [0.15, 0.2) is 6.10 Å². The van der Waals surface area contributed by atoms with Crippen molar-refractivity contribution in [3.63, 3.8) is 0 Å². The van der Waals surface area contributed by atoms with Crippen molar-refractivity contribution in [2.75, 3.05) is 26.4 Å². The molecule has 3 unspecified atom stereocenters. The van der Waals surface area contributed by atoms with Crippen LogP contribution in [0.2, 0.25) is 0 Å². The Morgan fingerprint density at radius 1 is 0.354 bits per heavy atom. The van der Waals surface area contributed by atoms with E-state index in [0.717, 1.165) is 122 Å². The molecular formula is C70H113O11P. The van der Waals surface area contributed by atoms with Gasteiger partial charge in [-0.25, -0.2) is 4.57 Å². The van der Waals surface area contributed by atoms with Crippen molar-refractivity contribution < 1.29 is 52.2 Å². The molecule has 0 aliphatic rings. The van der Waals surface area contributed by atoms with E-state index in [-0.39, 0.29) is 25.9 Å². The molecule has 0 spiro atoms. The van der Waals surface area contributed by atoms with Gasteiger partial charge < -0.3 is 24.2 Å². The maximum Gasteiger partial charge on any atom is 0.472 e. The van der Waals surface area contributed by atoms with Crippen LogP contribution in [0.1, 0.15) is 239 Å². The zero-order valence-electron chi connectivity index (χ0n) is 51.4. The molecular weight excluding hydrogens is 1050 g/mol. The van der Waals surface area contributed by atoms with Gasteiger partial charge in [0, 0.05) is 19.3 Å². The van der Waals surface area contributed by atoms with Crippen LogP contribution < -0.4 is 0 Å². The Balaban J connectivity index is 4.85. The van der Waals surface area contributed by atoms with Crippen molar-refractivity contribution in [2.24, 2.45) is 0 Å². The van der Waals surface area contributed by atoms with E-state index in [1.54, 1.807) is 0 Å². The fraction of sp³-hybridized carbons (Fsp3) is 0.614. The highest BCUT2D eigenvalue weighted by atomic mass is 31.2. The highest BCUT2D eigenvalue weighted by molar-refractivity contribution is 7.47. The van der Waals surface area contributed by atoms with Crippen LogP contribution in [-0.4, -0.2) is 66.5 Å². The molecule has 464 valence electrons. The minimum Gasteiger partial charge on any atom is -0.462 e. The Morgan fingerprint density at radius 2 is 0.646 bits per heavy atom. The summed E-state index contributed by atoms with van der Waals surface area (Å²) in [5.41, 5.74) is 0. The topological polar surface area (TPSA) is 155 Å². The van der Waals surface area contributed by atoms with Crippen LogP contribution in [0.3, 0.4) is 0 Å². The van der Waals surface area contributed by atoms with E-state index >= 15 is 0 Å². The summed E-state index contributed by atoms with van der Waals surface area (Å²) in [6, 6.07) is 0. The van der Waals surface area contributed by atoms with Crippen LogP contribution in [0.5, 0.6) is 0 Å². The first-order valence-corrected chi connectivity index (χ1v) is 33.2. The smallest absolute Gasteiger partial charge is 0.462 e. The predicted molar refractivity (Wildman–Crippen MR) is 343 cm³/mol. The average Bonchev–Trinajstić information content (AvgIpc) is 3.47. The monoisotopic (exact) mass is 1160 g/mol. The van der Waals surface area contributed by atoms with Crippen molar-refractivity contribution in [3.8, 4) is 0 Å². The molecule has 0 aliphatic carbocycles. The number of hydrogen-bond donors (Lipinski definition) is 2. The number of rotatable bonds is 57. The quantitative estimate of drug-likeness (QED) is 0.0197. The Hall–Kier alpha value is -4.64. The Bertz CT molecular complexity index is 1930. The predicted octanol–water partition coefficient (Wildman–Crippen LogP) is 19.5. The Labute approximate surface area is 499 Å². The van der Waals surface area contributed by atoms with Crippen molar-refractivity contribution >= 4 is 25.7 Å². The molecule has 0 aliphatic heterocycles. The first kappa shape index (κ1) is 77.4. The molecule has 3 atom stereocenters. The van der Waals surface area contributed by atoms with Gasteiger partial charge in [0.1, 0.15) is 12.7 Å². The van der Waals surface area contributed by atoms with Crippen molar-refractivity contribution in [3.05, 3.63) is 146 Å². The van der Waals surface area contributed by atoms with Gasteiger partial charge in [-0.15, -0.1) is 0 Å². The standard InChI is InChI=1S/C70H113O11P/c1-4-7-10-13-16-19-22-25-28-31-33-36-38-41-44-47-50-53-56-59-68(72)77-63-67(81-70(74)61-58-55-52-49-46-43-40-37-34-32-29-26-23-20-17-14-11-8-5-2)65-79-82(75,76)78-64-66(62-71)80-69(73)60-57-54-51-48-45-42-39-35-30-27-24-21-18-15-12-9-6-3/h7,9-10,12,16-21,25-30,33,36,39,41-42,44,48,51,66-67,71H,4-6,8,11,13-15,22-24,31-32,34-35,37-38,40,43,45-47,49-50,52-65H2,1-3H3,(H,75,76)/b10-7-,12-9-,19-16-,20-17-,21-18-,28-25-,29-26-,30-27-,36-33-,42-39-,44-41-,51-48-. The van der Waals surface area contributed by atoms with Gasteiger partial charge in [-0.2, -0.15) is 0 Å². The maximum atomic E-state index is 13.0. The third kappa shape index (κ3) is 60.0. The van der Waals surface area contributed by atoms with E-state index in [2.05, 4.69) is 154 Å². The second kappa shape index (κ2) is 62.4. The molecule has 12 heteroatoms. The summed E-state index contributed by atoms with van der Waals surface area (Å²) < 4.78 is 39.6. The van der Waals surface area contributed by atoms with Crippen LogP contribution in [0.25, 0.3) is 0 Å². The molecule has 0 aromatic carbocycles. The molecule has 0 rings (SSSR count). The van der Waals surface area contributed by atoms with E-state index in [9.17, 15) is 28.9 Å². The minimum absolute atomic E-state index is 0.0888. The van der Waals surface area contributed by atoms with E-state index in [4.69, 9.17) is 23.3 Å². The molecule has 11 nitrogen and oxygen atoms in total. The lowest BCUT2D eigenvalue weighted by Gasteiger charge is -2.21. The van der Waals surface area contributed by atoms with Gasteiger partial charge in [0.05, 0.1) is 19.8 Å². The third-order valence-corrected chi connectivity index (χ3v) is 13.7. The lowest BCUT2D eigenvalue weighted by Crippen LogP contribution is -2.30. The zero-order chi connectivity index (χ0) is 59.8. The number of carbonyl (C=O) groups excluding carboxylic acids is 3. The molecule has 0 saturated carbocycles. The molecule has 0 aromatic heterocycles. The van der Waals surface area contributed by atoms with Crippen molar-refractivity contribution in [1.82, 2.24) is 0 Å². The summed E-state index contributed by atoms with van der Waals surface area (Å²) in [7, 11) is -4.79. The molecule has 0 aromatic rings. The van der Waals surface area contributed by atoms with Crippen LogP contribution in [0.4, 0.5) is 0 Å². The number of allylic oxidation sites excluding steroid dienone is 24. The first-order chi connectivity index (χ1) is 40.2. The van der Waals surface area contributed by atoms with Gasteiger partial charge in [0.25, 0.3) is 0 Å². The molecule has 0 saturated heterocycles. The van der Waals surface area contributed by atoms with Gasteiger partial charge in [-0.05, 0) is 135 Å². The normalized spacial score (nSPS) is 14.3. The van der Waals surface area contributed by atoms with E-state index < -0.39 is 57.8 Å². The van der Waals surface area contributed by atoms with E-state index in [1.165, 1.54) is 51.4 Å². The largest absolute Gasteiger partial charge is 0.472 e. The molecule has 0 radical (unpaired) electrons. The minimum atomic E-state index is -4.79. The lowest BCUT2D eigenvalue weighted by atomic mass is 10.1. The number of aliphatic hydroxyl groups excluding tert-OH is 1. The molecule has 0 fully saturated rings. The summed E-state index contributed by atoms with van der Waals surface area (Å²) in [4.78, 5) is 48.7. The fourth-order valence-corrected chi connectivity index (χ4v) is 8.76. The van der Waals surface area contributed by atoms with Crippen molar-refractivity contribution in [1.29, 1.82) is 0 Å². The van der Waals surface area contributed by atoms with Crippen LogP contribution in [0.15, 0.2) is 146 Å². The number of phosphoric ester groups is 1. The van der Waals surface area contributed by atoms with Gasteiger partial charge >= 0.3 is 25.7 Å². The molecule has 0 heterocycles. The second-order valence-electron chi connectivity index (χ2n) is 20.5. The van der Waals surface area contributed by atoms with Gasteiger partial charge in [-0.3, -0.25) is 23.4 Å². The number of aliphatic hydroxyl groups is 1. The van der Waals surface area contributed by atoms with Crippen LogP contribution >= 0.6 is 7.82 Å². The molecule has 0 amide bonds. The Morgan fingerprint density at radius 3 is 1.04 bits per heavy atom.